The Labute approximate surface area is 127 Å². The molecule has 1 aliphatic heterocycles. The fraction of sp³-hybridized carbons (Fsp3) is 0.647. The van der Waals surface area contributed by atoms with Gasteiger partial charge in [-0.05, 0) is 37.9 Å². The first kappa shape index (κ1) is 16.2. The lowest BCUT2D eigenvalue weighted by Gasteiger charge is -2.41. The van der Waals surface area contributed by atoms with Gasteiger partial charge >= 0.3 is 0 Å². The summed E-state index contributed by atoms with van der Waals surface area (Å²) in [4.78, 5) is 2.20. The second-order valence-electron chi connectivity index (χ2n) is 5.78. The van der Waals surface area contributed by atoms with Crippen molar-refractivity contribution in [1.82, 2.24) is 5.32 Å². The van der Waals surface area contributed by atoms with Crippen molar-refractivity contribution in [3.05, 3.63) is 29.6 Å². The molecule has 2 unspecified atom stereocenters. The third-order valence-electron chi connectivity index (χ3n) is 4.04. The van der Waals surface area contributed by atoms with Gasteiger partial charge in [-0.25, -0.2) is 4.39 Å². The SMILES string of the molecule is CCCNCc1cccc(F)c1N1CC(C)OCC1CC. The van der Waals surface area contributed by atoms with E-state index in [9.17, 15) is 4.39 Å². The Morgan fingerprint density at radius 3 is 2.90 bits per heavy atom. The summed E-state index contributed by atoms with van der Waals surface area (Å²) in [6.07, 6.45) is 2.18. The van der Waals surface area contributed by atoms with Crippen molar-refractivity contribution in [3.63, 3.8) is 0 Å². The summed E-state index contributed by atoms with van der Waals surface area (Å²) < 4.78 is 20.2. The quantitative estimate of drug-likeness (QED) is 0.815. The zero-order valence-electron chi connectivity index (χ0n) is 13.4. The highest BCUT2D eigenvalue weighted by atomic mass is 19.1. The molecule has 1 heterocycles. The number of nitrogens with zero attached hydrogens (tertiary/aromatic N) is 1. The summed E-state index contributed by atoms with van der Waals surface area (Å²) in [7, 11) is 0. The largest absolute Gasteiger partial charge is 0.375 e. The van der Waals surface area contributed by atoms with Gasteiger partial charge in [-0.2, -0.15) is 0 Å². The minimum absolute atomic E-state index is 0.127. The number of para-hydroxylation sites is 1. The van der Waals surface area contributed by atoms with Crippen molar-refractivity contribution in [2.45, 2.75) is 52.3 Å². The van der Waals surface area contributed by atoms with Gasteiger partial charge in [0.1, 0.15) is 5.82 Å². The molecular weight excluding hydrogens is 267 g/mol. The standard InChI is InChI=1S/C17H27FN2O/c1-4-9-19-10-14-7-6-8-16(18)17(14)20-11-13(3)21-12-15(20)5-2/h6-8,13,15,19H,4-5,9-12H2,1-3H3. The molecule has 0 aromatic heterocycles. The maximum atomic E-state index is 14.5. The summed E-state index contributed by atoms with van der Waals surface area (Å²) in [5.74, 6) is -0.127. The highest BCUT2D eigenvalue weighted by Gasteiger charge is 2.29. The third-order valence-corrected chi connectivity index (χ3v) is 4.04. The first-order valence-electron chi connectivity index (χ1n) is 8.03. The van der Waals surface area contributed by atoms with Crippen LogP contribution in [-0.4, -0.2) is 31.8 Å². The lowest BCUT2D eigenvalue weighted by molar-refractivity contribution is 0.0296. The zero-order chi connectivity index (χ0) is 15.2. The van der Waals surface area contributed by atoms with Crippen molar-refractivity contribution in [3.8, 4) is 0 Å². The van der Waals surface area contributed by atoms with Gasteiger partial charge < -0.3 is 15.0 Å². The number of nitrogens with one attached hydrogen (secondary N) is 1. The van der Waals surface area contributed by atoms with Crippen LogP contribution in [0.2, 0.25) is 0 Å². The average molecular weight is 294 g/mol. The van der Waals surface area contributed by atoms with Crippen molar-refractivity contribution >= 4 is 5.69 Å². The van der Waals surface area contributed by atoms with Crippen molar-refractivity contribution < 1.29 is 9.13 Å². The number of rotatable bonds is 6. The normalized spacial score (nSPS) is 22.6. The Kier molecular flexibility index (Phi) is 6.00. The van der Waals surface area contributed by atoms with Crippen LogP contribution in [0.25, 0.3) is 0 Å². The Morgan fingerprint density at radius 2 is 2.19 bits per heavy atom. The van der Waals surface area contributed by atoms with Crippen LogP contribution in [0.5, 0.6) is 0 Å². The number of anilines is 1. The van der Waals surface area contributed by atoms with E-state index in [0.29, 0.717) is 13.2 Å². The van der Waals surface area contributed by atoms with Gasteiger partial charge in [-0.1, -0.05) is 26.0 Å². The first-order valence-corrected chi connectivity index (χ1v) is 8.03. The third kappa shape index (κ3) is 3.95. The number of hydrogen-bond acceptors (Lipinski definition) is 3. The van der Waals surface area contributed by atoms with Crippen LogP contribution in [0.3, 0.4) is 0 Å². The lowest BCUT2D eigenvalue weighted by atomic mass is 10.1. The Balaban J connectivity index is 2.26. The molecule has 1 aliphatic rings. The fourth-order valence-corrected chi connectivity index (χ4v) is 2.88. The van der Waals surface area contributed by atoms with E-state index in [1.165, 1.54) is 0 Å². The molecule has 0 spiro atoms. The number of benzene rings is 1. The molecule has 1 fully saturated rings. The number of hydrogen-bond donors (Lipinski definition) is 1. The van der Waals surface area contributed by atoms with E-state index in [-0.39, 0.29) is 18.0 Å². The van der Waals surface area contributed by atoms with E-state index in [4.69, 9.17) is 4.74 Å². The van der Waals surface area contributed by atoms with Crippen LogP contribution >= 0.6 is 0 Å². The van der Waals surface area contributed by atoms with Gasteiger partial charge in [-0.15, -0.1) is 0 Å². The molecule has 2 atom stereocenters. The summed E-state index contributed by atoms with van der Waals surface area (Å²) in [6, 6.07) is 5.63. The maximum absolute atomic E-state index is 14.5. The molecule has 1 saturated heterocycles. The first-order chi connectivity index (χ1) is 10.2. The van der Waals surface area contributed by atoms with Crippen molar-refractivity contribution in [2.24, 2.45) is 0 Å². The molecule has 1 N–H and O–H groups in total. The van der Waals surface area contributed by atoms with Gasteiger partial charge in [0.2, 0.25) is 0 Å². The second kappa shape index (κ2) is 7.76. The van der Waals surface area contributed by atoms with E-state index in [2.05, 4.69) is 31.0 Å². The molecule has 118 valence electrons. The van der Waals surface area contributed by atoms with Crippen molar-refractivity contribution in [2.75, 3.05) is 24.6 Å². The van der Waals surface area contributed by atoms with Crippen LogP contribution < -0.4 is 10.2 Å². The van der Waals surface area contributed by atoms with E-state index >= 15 is 0 Å². The molecule has 1 aromatic rings. The summed E-state index contributed by atoms with van der Waals surface area (Å²) in [5, 5.41) is 3.38. The van der Waals surface area contributed by atoms with E-state index in [1.54, 1.807) is 12.1 Å². The minimum Gasteiger partial charge on any atom is -0.375 e. The van der Waals surface area contributed by atoms with Crippen LogP contribution in [0.4, 0.5) is 10.1 Å². The van der Waals surface area contributed by atoms with Crippen LogP contribution in [-0.2, 0) is 11.3 Å². The number of halogens is 1. The molecule has 0 bridgehead atoms. The van der Waals surface area contributed by atoms with Crippen molar-refractivity contribution in [1.29, 1.82) is 0 Å². The van der Waals surface area contributed by atoms with Gasteiger partial charge in [0.05, 0.1) is 24.4 Å². The van der Waals surface area contributed by atoms with Gasteiger partial charge in [0, 0.05) is 13.1 Å². The molecule has 1 aromatic carbocycles. The van der Waals surface area contributed by atoms with Gasteiger partial charge in [0.15, 0.2) is 0 Å². The molecule has 3 nitrogen and oxygen atoms in total. The smallest absolute Gasteiger partial charge is 0.146 e. The Hall–Kier alpha value is -1.13. The topological polar surface area (TPSA) is 24.5 Å². The van der Waals surface area contributed by atoms with Gasteiger partial charge in [0.25, 0.3) is 0 Å². The number of ether oxygens (including phenoxy) is 1. The average Bonchev–Trinajstić information content (AvgIpc) is 2.48. The zero-order valence-corrected chi connectivity index (χ0v) is 13.4. The van der Waals surface area contributed by atoms with E-state index in [1.807, 2.05) is 6.07 Å². The summed E-state index contributed by atoms with van der Waals surface area (Å²) in [5.41, 5.74) is 1.79. The molecular formula is C17H27FN2O. The predicted octanol–water partition coefficient (Wildman–Crippen LogP) is 3.33. The highest BCUT2D eigenvalue weighted by Crippen LogP contribution is 2.30. The monoisotopic (exact) mass is 294 g/mol. The predicted molar refractivity (Wildman–Crippen MR) is 85.2 cm³/mol. The molecule has 0 radical (unpaired) electrons. The highest BCUT2D eigenvalue weighted by molar-refractivity contribution is 5.56. The molecule has 4 heteroatoms. The maximum Gasteiger partial charge on any atom is 0.146 e. The summed E-state index contributed by atoms with van der Waals surface area (Å²) in [6.45, 7) is 9.40. The van der Waals surface area contributed by atoms with Crippen LogP contribution in [0.1, 0.15) is 39.2 Å². The molecule has 2 rings (SSSR count). The van der Waals surface area contributed by atoms with Gasteiger partial charge in [-0.3, -0.25) is 0 Å². The van der Waals surface area contributed by atoms with E-state index < -0.39 is 0 Å². The molecule has 0 amide bonds. The molecule has 21 heavy (non-hydrogen) atoms. The Bertz CT molecular complexity index is 452. The fourth-order valence-electron chi connectivity index (χ4n) is 2.88. The van der Waals surface area contributed by atoms with Crippen LogP contribution in [0.15, 0.2) is 18.2 Å². The second-order valence-corrected chi connectivity index (χ2v) is 5.78. The minimum atomic E-state index is -0.127. The molecule has 0 aliphatic carbocycles. The Morgan fingerprint density at radius 1 is 1.38 bits per heavy atom. The van der Waals surface area contributed by atoms with E-state index in [0.717, 1.165) is 37.2 Å². The number of morpholine rings is 1. The summed E-state index contributed by atoms with van der Waals surface area (Å²) >= 11 is 0. The van der Waals surface area contributed by atoms with Crippen LogP contribution in [0, 0.1) is 5.82 Å². The molecule has 0 saturated carbocycles. The lowest BCUT2D eigenvalue weighted by Crippen LogP contribution is -2.49.